The Morgan fingerprint density at radius 3 is 2.27 bits per heavy atom. The van der Waals surface area contributed by atoms with E-state index in [1.807, 2.05) is 6.07 Å². The number of rotatable bonds is 2. The van der Waals surface area contributed by atoms with Gasteiger partial charge in [-0.3, -0.25) is 0 Å². The molecular weight excluding hydrogens is 366 g/mol. The van der Waals surface area contributed by atoms with Crippen LogP contribution >= 0.6 is 0 Å². The van der Waals surface area contributed by atoms with Gasteiger partial charge in [-0.15, -0.1) is 0 Å². The quantitative estimate of drug-likeness (QED) is 0.425. The first kappa shape index (κ1) is 20.2. The Labute approximate surface area is 179 Å². The van der Waals surface area contributed by atoms with Crippen LogP contribution in [0.5, 0.6) is 0 Å². The number of nitrogens with zero attached hydrogens (tertiary/aromatic N) is 3. The van der Waals surface area contributed by atoms with Crippen molar-refractivity contribution < 1.29 is 9.13 Å². The summed E-state index contributed by atoms with van der Waals surface area (Å²) < 4.78 is 4.58. The molecule has 3 nitrogen and oxygen atoms in total. The van der Waals surface area contributed by atoms with Crippen LogP contribution in [0.4, 0.5) is 0 Å². The normalized spacial score (nSPS) is 11.8. The zero-order valence-corrected chi connectivity index (χ0v) is 19.1. The van der Waals surface area contributed by atoms with Crippen molar-refractivity contribution in [2.24, 2.45) is 7.05 Å². The summed E-state index contributed by atoms with van der Waals surface area (Å²) in [6.45, 7) is 13.3. The van der Waals surface area contributed by atoms with Gasteiger partial charge >= 0.3 is 0 Å². The van der Waals surface area contributed by atoms with Crippen molar-refractivity contribution in [2.75, 3.05) is 0 Å². The number of aryl methyl sites for hydroxylation is 3. The summed E-state index contributed by atoms with van der Waals surface area (Å²) in [5.41, 5.74) is 10.7. The molecule has 0 fully saturated rings. The smallest absolute Gasteiger partial charge is 0.234 e. The van der Waals surface area contributed by atoms with Crippen LogP contribution in [-0.2, 0) is 12.5 Å². The first-order valence-corrected chi connectivity index (χ1v) is 10.6. The zero-order chi connectivity index (χ0) is 21.6. The highest BCUT2D eigenvalue weighted by Crippen LogP contribution is 2.33. The number of hydrogen-bond donors (Lipinski definition) is 0. The van der Waals surface area contributed by atoms with E-state index < -0.39 is 0 Å². The molecule has 0 aliphatic rings. The second kappa shape index (κ2) is 7.32. The van der Waals surface area contributed by atoms with Gasteiger partial charge in [-0.1, -0.05) is 39.0 Å². The highest BCUT2D eigenvalue weighted by atomic mass is 15.0. The molecule has 0 aliphatic carbocycles. The third kappa shape index (κ3) is 3.39. The molecule has 2 heterocycles. The molecule has 0 radical (unpaired) electrons. The van der Waals surface area contributed by atoms with Gasteiger partial charge in [0.1, 0.15) is 18.3 Å². The lowest BCUT2D eigenvalue weighted by molar-refractivity contribution is -0.634. The van der Waals surface area contributed by atoms with Gasteiger partial charge in [-0.25, -0.2) is 4.98 Å². The van der Waals surface area contributed by atoms with Gasteiger partial charge in [0.05, 0.1) is 5.56 Å². The summed E-state index contributed by atoms with van der Waals surface area (Å²) in [4.78, 5) is 4.94. The van der Waals surface area contributed by atoms with Crippen LogP contribution in [-0.4, -0.2) is 4.98 Å². The van der Waals surface area contributed by atoms with Crippen molar-refractivity contribution in [2.45, 2.75) is 47.0 Å². The average molecular weight is 398 g/mol. The van der Waals surface area contributed by atoms with Gasteiger partial charge in [0.25, 0.3) is 0 Å². The Bertz CT molecular complexity index is 1260. The molecule has 0 bridgehead atoms. The predicted molar refractivity (Wildman–Crippen MR) is 123 cm³/mol. The van der Waals surface area contributed by atoms with Crippen LogP contribution < -0.4 is 9.13 Å². The summed E-state index contributed by atoms with van der Waals surface area (Å²) in [5, 5.41) is 0. The number of fused-ring (bicyclic) bond motifs is 1. The standard InChI is InChI=1S/C27H31N3/c1-18-12-10-11-15-30(18)25-17-21(27(4,5)6)16-22(19(25)2)26-20(3)28-23-13-8-9-14-24(23)29(26)7/h8-17H,1-7H3/q+2. The van der Waals surface area contributed by atoms with Crippen LogP contribution in [0.3, 0.4) is 0 Å². The van der Waals surface area contributed by atoms with E-state index in [-0.39, 0.29) is 5.41 Å². The molecule has 0 atom stereocenters. The largest absolute Gasteiger partial charge is 0.240 e. The van der Waals surface area contributed by atoms with Gasteiger partial charge in [0.2, 0.25) is 16.9 Å². The molecule has 152 valence electrons. The molecule has 30 heavy (non-hydrogen) atoms. The minimum Gasteiger partial charge on any atom is -0.240 e. The maximum absolute atomic E-state index is 4.94. The fourth-order valence-electron chi connectivity index (χ4n) is 4.24. The molecule has 0 saturated carbocycles. The first-order valence-electron chi connectivity index (χ1n) is 10.6. The van der Waals surface area contributed by atoms with E-state index in [9.17, 15) is 0 Å². The predicted octanol–water partition coefficient (Wildman–Crippen LogP) is 5.23. The molecule has 2 aromatic heterocycles. The van der Waals surface area contributed by atoms with Crippen molar-refractivity contribution in [3.05, 3.63) is 83.3 Å². The van der Waals surface area contributed by atoms with Crippen LogP contribution in [0.15, 0.2) is 60.8 Å². The van der Waals surface area contributed by atoms with E-state index in [4.69, 9.17) is 4.98 Å². The van der Waals surface area contributed by atoms with E-state index in [1.54, 1.807) is 0 Å². The molecule has 0 aliphatic heterocycles. The van der Waals surface area contributed by atoms with E-state index in [0.29, 0.717) is 0 Å². The Balaban J connectivity index is 2.10. The topological polar surface area (TPSA) is 20.6 Å². The molecule has 3 heteroatoms. The number of benzene rings is 2. The molecule has 0 unspecified atom stereocenters. The first-order chi connectivity index (χ1) is 14.2. The van der Waals surface area contributed by atoms with Crippen LogP contribution in [0, 0.1) is 20.8 Å². The van der Waals surface area contributed by atoms with E-state index >= 15 is 0 Å². The Morgan fingerprint density at radius 1 is 0.867 bits per heavy atom. The van der Waals surface area contributed by atoms with Crippen molar-refractivity contribution in [1.29, 1.82) is 0 Å². The molecule has 0 saturated heterocycles. The van der Waals surface area contributed by atoms with E-state index in [2.05, 4.69) is 112 Å². The Kier molecular flexibility index (Phi) is 4.93. The van der Waals surface area contributed by atoms with Gasteiger partial charge in [-0.2, -0.15) is 9.13 Å². The lowest BCUT2D eigenvalue weighted by atomic mass is 9.83. The minimum absolute atomic E-state index is 0.0389. The molecular formula is C27H31N3+2. The van der Waals surface area contributed by atoms with E-state index in [0.717, 1.165) is 16.7 Å². The zero-order valence-electron chi connectivity index (χ0n) is 19.1. The van der Waals surface area contributed by atoms with Crippen molar-refractivity contribution in [3.63, 3.8) is 0 Å². The third-order valence-corrected chi connectivity index (χ3v) is 6.03. The number of pyridine rings is 1. The summed E-state index contributed by atoms with van der Waals surface area (Å²) >= 11 is 0. The second-order valence-electron chi connectivity index (χ2n) is 9.22. The SMILES string of the molecule is Cc1nc2ccccc2[n+](C)c1-c1cc(C(C)(C)C)cc(-[n+]2ccccc2C)c1C. The highest BCUT2D eigenvalue weighted by Gasteiger charge is 2.28. The monoisotopic (exact) mass is 397 g/mol. The average Bonchev–Trinajstić information content (AvgIpc) is 2.69. The van der Waals surface area contributed by atoms with Gasteiger partial charge in [0.15, 0.2) is 11.9 Å². The summed E-state index contributed by atoms with van der Waals surface area (Å²) in [5.74, 6) is 0. The van der Waals surface area contributed by atoms with Crippen molar-refractivity contribution in [3.8, 4) is 16.9 Å². The van der Waals surface area contributed by atoms with Gasteiger partial charge < -0.3 is 0 Å². The maximum Gasteiger partial charge on any atom is 0.234 e. The van der Waals surface area contributed by atoms with Crippen LogP contribution in [0.2, 0.25) is 0 Å². The summed E-state index contributed by atoms with van der Waals surface area (Å²) in [6.07, 6.45) is 2.15. The van der Waals surface area contributed by atoms with Gasteiger partial charge in [-0.05, 0) is 37.0 Å². The van der Waals surface area contributed by atoms with Gasteiger partial charge in [0, 0.05) is 36.8 Å². The summed E-state index contributed by atoms with van der Waals surface area (Å²) in [6, 6.07) is 19.4. The van der Waals surface area contributed by atoms with E-state index in [1.165, 1.54) is 33.8 Å². The molecule has 0 spiro atoms. The maximum atomic E-state index is 4.94. The van der Waals surface area contributed by atoms with Crippen LogP contribution in [0.1, 0.15) is 43.3 Å². The number of hydrogen-bond acceptors (Lipinski definition) is 1. The third-order valence-electron chi connectivity index (χ3n) is 6.03. The fourth-order valence-corrected chi connectivity index (χ4v) is 4.24. The molecule has 0 amide bonds. The van der Waals surface area contributed by atoms with Crippen molar-refractivity contribution in [1.82, 2.24) is 4.98 Å². The highest BCUT2D eigenvalue weighted by molar-refractivity contribution is 5.75. The Hall–Kier alpha value is -3.07. The molecule has 4 rings (SSSR count). The van der Waals surface area contributed by atoms with Crippen molar-refractivity contribution >= 4 is 11.0 Å². The van der Waals surface area contributed by atoms with Crippen LogP contribution in [0.25, 0.3) is 28.0 Å². The molecule has 4 aromatic rings. The Morgan fingerprint density at radius 2 is 1.57 bits per heavy atom. The number of aromatic nitrogens is 3. The molecule has 0 N–H and O–H groups in total. The second-order valence-corrected chi connectivity index (χ2v) is 9.22. The lowest BCUT2D eigenvalue weighted by Crippen LogP contribution is -2.37. The number of para-hydroxylation sites is 2. The lowest BCUT2D eigenvalue weighted by Gasteiger charge is -2.21. The fraction of sp³-hybridized carbons (Fsp3) is 0.296. The minimum atomic E-state index is 0.0389. The summed E-state index contributed by atoms with van der Waals surface area (Å²) in [7, 11) is 2.15. The molecule has 2 aromatic carbocycles.